The van der Waals surface area contributed by atoms with Crippen molar-refractivity contribution in [3.63, 3.8) is 0 Å². The summed E-state index contributed by atoms with van der Waals surface area (Å²) >= 11 is 0. The molecule has 0 aromatic carbocycles. The summed E-state index contributed by atoms with van der Waals surface area (Å²) in [5.74, 6) is -0.00837. The summed E-state index contributed by atoms with van der Waals surface area (Å²) in [7, 11) is -5.42. The lowest BCUT2D eigenvalue weighted by Crippen LogP contribution is -2.54. The number of aromatic nitrogens is 1. The first-order valence-corrected chi connectivity index (χ1v) is 8.08. The third-order valence-electron chi connectivity index (χ3n) is 3.55. The molecule has 1 aromatic rings. The number of rotatable bonds is 4. The lowest BCUT2D eigenvalue weighted by atomic mass is 9.93. The van der Waals surface area contributed by atoms with E-state index in [2.05, 4.69) is 4.98 Å². The van der Waals surface area contributed by atoms with Gasteiger partial charge in [-0.1, -0.05) is 6.07 Å². The summed E-state index contributed by atoms with van der Waals surface area (Å²) in [5.41, 5.74) is -5.36. The minimum absolute atomic E-state index is 0.150. The molecule has 1 fully saturated rings. The Bertz CT molecular complexity index is 595. The zero-order valence-electron chi connectivity index (χ0n) is 11.5. The SMILES string of the molecule is O=S(=O)(N[C@H]1CCN(c2ccccn2)C[C@H]1CO)C(F)(F)F. The number of nitrogens with one attached hydrogen (secondary N) is 1. The van der Waals surface area contributed by atoms with Crippen molar-refractivity contribution in [2.45, 2.75) is 18.0 Å². The Morgan fingerprint density at radius 3 is 2.68 bits per heavy atom. The predicted octanol–water partition coefficient (Wildman–Crippen LogP) is 0.708. The zero-order valence-corrected chi connectivity index (χ0v) is 12.3. The highest BCUT2D eigenvalue weighted by molar-refractivity contribution is 7.90. The quantitative estimate of drug-likeness (QED) is 0.844. The molecular formula is C12H16F3N3O3S. The first kappa shape index (κ1) is 17.0. The van der Waals surface area contributed by atoms with Crippen LogP contribution in [0.25, 0.3) is 0 Å². The van der Waals surface area contributed by atoms with E-state index in [0.29, 0.717) is 12.4 Å². The van der Waals surface area contributed by atoms with E-state index >= 15 is 0 Å². The lowest BCUT2D eigenvalue weighted by Gasteiger charge is -2.38. The number of alkyl halides is 3. The fourth-order valence-electron chi connectivity index (χ4n) is 2.39. The fourth-order valence-corrected chi connectivity index (χ4v) is 3.23. The maximum Gasteiger partial charge on any atom is 0.511 e. The standard InChI is InChI=1S/C12H16F3N3O3S/c13-12(14,15)22(20,21)17-10-4-6-18(7-9(10)8-19)11-3-1-2-5-16-11/h1-3,5,9-10,17,19H,4,6-8H2/t9-,10-/m0/s1. The number of hydrogen-bond donors (Lipinski definition) is 2. The monoisotopic (exact) mass is 339 g/mol. The third kappa shape index (κ3) is 3.68. The smallest absolute Gasteiger partial charge is 0.396 e. The van der Waals surface area contributed by atoms with E-state index in [1.165, 1.54) is 0 Å². The fraction of sp³-hybridized carbons (Fsp3) is 0.583. The summed E-state index contributed by atoms with van der Waals surface area (Å²) in [5, 5.41) is 9.36. The van der Waals surface area contributed by atoms with Crippen molar-refractivity contribution in [2.24, 2.45) is 5.92 Å². The average Bonchev–Trinajstić information content (AvgIpc) is 2.47. The Morgan fingerprint density at radius 2 is 2.14 bits per heavy atom. The molecule has 0 amide bonds. The second kappa shape index (κ2) is 6.39. The summed E-state index contributed by atoms with van der Waals surface area (Å²) < 4.78 is 61.3. The molecule has 2 heterocycles. The van der Waals surface area contributed by atoms with Gasteiger partial charge in [-0.25, -0.2) is 18.1 Å². The van der Waals surface area contributed by atoms with Crippen molar-refractivity contribution in [1.82, 2.24) is 9.71 Å². The van der Waals surface area contributed by atoms with Gasteiger partial charge in [0.2, 0.25) is 0 Å². The van der Waals surface area contributed by atoms with Crippen molar-refractivity contribution >= 4 is 15.8 Å². The number of pyridine rings is 1. The number of aliphatic hydroxyl groups excluding tert-OH is 1. The molecule has 0 saturated carbocycles. The van der Waals surface area contributed by atoms with Crippen molar-refractivity contribution in [2.75, 3.05) is 24.6 Å². The highest BCUT2D eigenvalue weighted by Crippen LogP contribution is 2.26. The Kier molecular flexibility index (Phi) is 4.93. The predicted molar refractivity (Wildman–Crippen MR) is 73.5 cm³/mol. The molecule has 1 saturated heterocycles. The van der Waals surface area contributed by atoms with Gasteiger partial charge in [0.05, 0.1) is 0 Å². The van der Waals surface area contributed by atoms with Crippen LogP contribution in [0.5, 0.6) is 0 Å². The molecule has 0 unspecified atom stereocenters. The topological polar surface area (TPSA) is 82.5 Å². The van der Waals surface area contributed by atoms with Crippen molar-refractivity contribution < 1.29 is 26.7 Å². The molecule has 2 atom stereocenters. The summed E-state index contributed by atoms with van der Waals surface area (Å²) in [6, 6.07) is 4.29. The van der Waals surface area contributed by atoms with E-state index in [4.69, 9.17) is 0 Å². The Morgan fingerprint density at radius 1 is 1.41 bits per heavy atom. The van der Waals surface area contributed by atoms with Gasteiger partial charge in [0.25, 0.3) is 0 Å². The average molecular weight is 339 g/mol. The second-order valence-corrected chi connectivity index (χ2v) is 6.74. The van der Waals surface area contributed by atoms with Crippen LogP contribution in [0.15, 0.2) is 24.4 Å². The molecule has 0 bridgehead atoms. The highest BCUT2D eigenvalue weighted by Gasteiger charge is 2.48. The Hall–Kier alpha value is -1.39. The maximum absolute atomic E-state index is 12.4. The molecule has 22 heavy (non-hydrogen) atoms. The summed E-state index contributed by atoms with van der Waals surface area (Å²) in [4.78, 5) is 5.94. The summed E-state index contributed by atoms with van der Waals surface area (Å²) in [6.07, 6.45) is 1.73. The number of anilines is 1. The van der Waals surface area contributed by atoms with Gasteiger partial charge in [-0.15, -0.1) is 0 Å². The normalized spacial score (nSPS) is 23.5. The van der Waals surface area contributed by atoms with E-state index in [1.54, 1.807) is 34.0 Å². The van der Waals surface area contributed by atoms with Gasteiger partial charge in [-0.3, -0.25) is 0 Å². The number of sulfonamides is 1. The number of aliphatic hydroxyl groups is 1. The van der Waals surface area contributed by atoms with Crippen LogP contribution in [0, 0.1) is 5.92 Å². The number of nitrogens with zero attached hydrogens (tertiary/aromatic N) is 2. The molecule has 1 aliphatic heterocycles. The first-order valence-electron chi connectivity index (χ1n) is 6.60. The molecule has 0 aliphatic carbocycles. The van der Waals surface area contributed by atoms with Crippen molar-refractivity contribution in [1.29, 1.82) is 0 Å². The van der Waals surface area contributed by atoms with Gasteiger partial charge < -0.3 is 10.0 Å². The van der Waals surface area contributed by atoms with E-state index < -0.39 is 34.1 Å². The maximum atomic E-state index is 12.4. The van der Waals surface area contributed by atoms with Crippen LogP contribution in [-0.4, -0.2) is 49.8 Å². The zero-order chi connectivity index (χ0) is 16.4. The molecule has 2 rings (SSSR count). The molecule has 2 N–H and O–H groups in total. The Labute approximate surface area is 126 Å². The first-order chi connectivity index (χ1) is 10.2. The van der Waals surface area contributed by atoms with Crippen LogP contribution < -0.4 is 9.62 Å². The lowest BCUT2D eigenvalue weighted by molar-refractivity contribution is -0.0454. The van der Waals surface area contributed by atoms with Crippen LogP contribution in [0.3, 0.4) is 0 Å². The molecule has 10 heteroatoms. The molecule has 1 aliphatic rings. The third-order valence-corrected chi connectivity index (χ3v) is 4.78. The van der Waals surface area contributed by atoms with Gasteiger partial charge in [0, 0.05) is 37.9 Å². The molecule has 124 valence electrons. The van der Waals surface area contributed by atoms with Crippen LogP contribution >= 0.6 is 0 Å². The van der Waals surface area contributed by atoms with Gasteiger partial charge in [-0.05, 0) is 18.6 Å². The summed E-state index contributed by atoms with van der Waals surface area (Å²) in [6.45, 7) is 0.144. The second-order valence-electron chi connectivity index (χ2n) is 5.04. The van der Waals surface area contributed by atoms with Crippen LogP contribution in [0.1, 0.15) is 6.42 Å². The highest BCUT2D eigenvalue weighted by atomic mass is 32.2. The number of piperidine rings is 1. The van der Waals surface area contributed by atoms with Gasteiger partial charge in [0.1, 0.15) is 5.82 Å². The molecular weight excluding hydrogens is 323 g/mol. The molecule has 1 aromatic heterocycles. The van der Waals surface area contributed by atoms with Crippen LogP contribution in [0.4, 0.5) is 19.0 Å². The minimum Gasteiger partial charge on any atom is -0.396 e. The van der Waals surface area contributed by atoms with E-state index in [9.17, 15) is 26.7 Å². The van der Waals surface area contributed by atoms with E-state index in [1.807, 2.05) is 0 Å². The minimum atomic E-state index is -5.42. The van der Waals surface area contributed by atoms with Crippen LogP contribution in [-0.2, 0) is 10.0 Å². The number of halogens is 3. The largest absolute Gasteiger partial charge is 0.511 e. The van der Waals surface area contributed by atoms with Gasteiger partial charge in [0.15, 0.2) is 0 Å². The van der Waals surface area contributed by atoms with E-state index in [0.717, 1.165) is 0 Å². The van der Waals surface area contributed by atoms with Gasteiger partial charge >= 0.3 is 15.5 Å². The van der Waals surface area contributed by atoms with Crippen molar-refractivity contribution in [3.8, 4) is 0 Å². The van der Waals surface area contributed by atoms with Crippen molar-refractivity contribution in [3.05, 3.63) is 24.4 Å². The Balaban J connectivity index is 2.08. The molecule has 0 radical (unpaired) electrons. The van der Waals surface area contributed by atoms with E-state index in [-0.39, 0.29) is 13.0 Å². The number of hydrogen-bond acceptors (Lipinski definition) is 5. The van der Waals surface area contributed by atoms with Gasteiger partial charge in [-0.2, -0.15) is 13.2 Å². The molecule has 0 spiro atoms. The van der Waals surface area contributed by atoms with Crippen LogP contribution in [0.2, 0.25) is 0 Å². The molecule has 6 nitrogen and oxygen atoms in total.